The van der Waals surface area contributed by atoms with Crippen LogP contribution in [0.25, 0.3) is 0 Å². The van der Waals surface area contributed by atoms with Crippen LogP contribution >= 0.6 is 0 Å². The molecule has 0 fully saturated rings. The topological polar surface area (TPSA) is 85.5 Å². The summed E-state index contributed by atoms with van der Waals surface area (Å²) in [5, 5.41) is 0. The van der Waals surface area contributed by atoms with Crippen LogP contribution in [0.5, 0.6) is 0 Å². The second kappa shape index (κ2) is 90.6. The van der Waals surface area contributed by atoms with Crippen LogP contribution in [0.1, 0.15) is 0 Å². The van der Waals surface area contributed by atoms with Crippen LogP contribution in [0.2, 0.25) is 0 Å². The maximum atomic E-state index is 0. The summed E-state index contributed by atoms with van der Waals surface area (Å²) in [5.41, 5.74) is 0. The Labute approximate surface area is 88.2 Å². The predicted molar refractivity (Wildman–Crippen MR) is 16.4 cm³/mol. The van der Waals surface area contributed by atoms with E-state index in [0.717, 1.165) is 0 Å². The zero-order valence-electron chi connectivity index (χ0n) is 2.04. The number of hydrogen-bond donors (Lipinski definition) is 0. The molecule has 0 spiro atoms. The fourth-order valence-electron chi connectivity index (χ4n) is 0. The smallest absolute Gasteiger partial charge is 2.00 e. The van der Waals surface area contributed by atoms with E-state index in [1.807, 2.05) is 0 Å². The van der Waals surface area contributed by atoms with Gasteiger partial charge < -0.3 is 16.4 Å². The molecule has 0 saturated carbocycles. The third kappa shape index (κ3) is 67.0. The molecule has 0 aromatic rings. The molecule has 34 valence electrons. The van der Waals surface area contributed by atoms with Crippen molar-refractivity contribution in [1.29, 1.82) is 0 Å². The number of hydrogen-bond acceptors (Lipinski definition) is 0. The Morgan fingerprint density at radius 1 is 0.429 bits per heavy atom. The van der Waals surface area contributed by atoms with Crippen molar-refractivity contribution in [3.63, 3.8) is 0 Å². The Morgan fingerprint density at radius 2 is 0.429 bits per heavy atom. The molecule has 0 aliphatic rings. The van der Waals surface area contributed by atoms with Crippen molar-refractivity contribution in [2.45, 2.75) is 0 Å². The summed E-state index contributed by atoms with van der Waals surface area (Å²) in [4.78, 5) is 0. The first-order chi connectivity index (χ1) is 0. The van der Waals surface area contributed by atoms with Gasteiger partial charge in [0.05, 0.1) is 0 Å². The zero-order valence-corrected chi connectivity index (χ0v) is 4.59. The van der Waals surface area contributed by atoms with E-state index in [1.54, 1.807) is 0 Å². The van der Waals surface area contributed by atoms with Crippen molar-refractivity contribution in [3.05, 3.63) is 0 Å². The van der Waals surface area contributed by atoms with E-state index in [9.17, 15) is 0 Å². The van der Waals surface area contributed by atoms with Crippen molar-refractivity contribution in [2.75, 3.05) is 0 Å². The summed E-state index contributed by atoms with van der Waals surface area (Å²) in [6.45, 7) is 0. The van der Waals surface area contributed by atoms with Gasteiger partial charge >= 0.3 is 72.4 Å². The van der Waals surface area contributed by atoms with Gasteiger partial charge in [-0.25, -0.2) is 0 Å². The average molecular weight is 168 g/mol. The first-order valence-electron chi connectivity index (χ1n) is 0. The van der Waals surface area contributed by atoms with Crippen molar-refractivity contribution in [1.82, 2.24) is 0 Å². The molecule has 7 heavy (non-hydrogen) atoms. The molecule has 0 aliphatic carbocycles. The summed E-state index contributed by atoms with van der Waals surface area (Å²) in [6, 6.07) is 0. The molecule has 0 amide bonds. The van der Waals surface area contributed by atoms with Gasteiger partial charge in [-0.1, -0.05) is 0 Å². The van der Waals surface area contributed by atoms with Crippen LogP contribution in [0, 0.1) is 0 Å². The second-order valence-corrected chi connectivity index (χ2v) is 0. The molecule has 0 aliphatic heterocycles. The zero-order chi connectivity index (χ0) is 0. The van der Waals surface area contributed by atoms with Gasteiger partial charge in [0.15, 0.2) is 0 Å². The number of rotatable bonds is 0. The molecule has 0 rings (SSSR count). The van der Waals surface area contributed by atoms with E-state index in [2.05, 4.69) is 0 Å². The molecule has 0 saturated heterocycles. The van der Waals surface area contributed by atoms with Crippen LogP contribution in [0.15, 0.2) is 0 Å². The Hall–Kier alpha value is 2.14. The first kappa shape index (κ1) is 132. The van der Waals surface area contributed by atoms with Gasteiger partial charge in [0.2, 0.25) is 0 Å². The molecule has 0 aromatic heterocycles. The van der Waals surface area contributed by atoms with Crippen molar-refractivity contribution < 1.29 is 51.2 Å². The van der Waals surface area contributed by atoms with Crippen LogP contribution in [-0.2, 0) is 51.2 Å². The Bertz CT molecular complexity index is 10.9. The quantitative estimate of drug-likeness (QED) is 0.387. The van der Waals surface area contributed by atoms with Crippen LogP contribution < -0.4 is 0 Å². The van der Waals surface area contributed by atoms with Gasteiger partial charge in [0.25, 0.3) is 0 Å². The summed E-state index contributed by atoms with van der Waals surface area (Å²) < 4.78 is 0. The van der Waals surface area contributed by atoms with Crippen molar-refractivity contribution >= 4 is 37.7 Å². The van der Waals surface area contributed by atoms with E-state index in [-0.39, 0.29) is 88.9 Å². The summed E-state index contributed by atoms with van der Waals surface area (Å²) in [5.74, 6) is 0. The summed E-state index contributed by atoms with van der Waals surface area (Å²) >= 11 is 0. The molecule has 0 bridgehead atoms. The molecule has 2 radical (unpaired) electrons. The fraction of sp³-hybridized carbons (Fsp3) is 0. The third-order valence-corrected chi connectivity index (χ3v) is 0. The van der Waals surface area contributed by atoms with Crippen molar-refractivity contribution in [2.24, 2.45) is 0 Å². The average Bonchev–Trinajstić information content (AvgIpc) is 0. The van der Waals surface area contributed by atoms with Gasteiger partial charge in [-0.3, -0.25) is 0 Å². The van der Waals surface area contributed by atoms with Gasteiger partial charge in [0, 0.05) is 0 Å². The standard InChI is InChI=1S/2Cr.2Li.3O.2H/q2*+3;;;3*-2;;. The first-order valence-corrected chi connectivity index (χ1v) is 0. The van der Waals surface area contributed by atoms with Crippen molar-refractivity contribution in [3.8, 4) is 0 Å². The maximum absolute atomic E-state index is 0. The van der Waals surface area contributed by atoms with Gasteiger partial charge in [-0.05, 0) is 0 Å². The van der Waals surface area contributed by atoms with Gasteiger partial charge in [-0.15, -0.1) is 0 Å². The molecular formula is H2Cr2Li2O3. The third-order valence-electron chi connectivity index (χ3n) is 0. The monoisotopic (exact) mass is 168 g/mol. The molecule has 3 nitrogen and oxygen atoms in total. The molecule has 0 N–H and O–H groups in total. The van der Waals surface area contributed by atoms with Crippen LogP contribution in [0.4, 0.5) is 0 Å². The second-order valence-electron chi connectivity index (χ2n) is 0. The minimum atomic E-state index is 0. The molecule has 0 heterocycles. The van der Waals surface area contributed by atoms with Crippen LogP contribution in [-0.4, -0.2) is 37.7 Å². The van der Waals surface area contributed by atoms with E-state index in [0.29, 0.717) is 0 Å². The van der Waals surface area contributed by atoms with E-state index in [4.69, 9.17) is 0 Å². The minimum Gasteiger partial charge on any atom is -2.00 e. The Morgan fingerprint density at radius 3 is 0.429 bits per heavy atom. The molecular weight excluding hydrogens is 166 g/mol. The predicted octanol–water partition coefficient (Wildman–Crippen LogP) is -1.66. The normalized spacial score (nSPS) is 0. The summed E-state index contributed by atoms with van der Waals surface area (Å²) in [7, 11) is 0. The molecule has 0 unspecified atom stereocenters. The van der Waals surface area contributed by atoms with E-state index >= 15 is 0 Å². The van der Waals surface area contributed by atoms with E-state index in [1.165, 1.54) is 0 Å². The molecule has 0 atom stereocenters. The largest absolute Gasteiger partial charge is 2.00 e. The SMILES string of the molecule is [Cr+3].[Cr+3].[LiH].[LiH].[O-2].[O-2].[O-2]. The maximum Gasteiger partial charge on any atom is -2.00 e. The van der Waals surface area contributed by atoms with Gasteiger partial charge in [-0.2, -0.15) is 0 Å². The van der Waals surface area contributed by atoms with E-state index < -0.39 is 0 Å². The Balaban J connectivity index is 0. The van der Waals surface area contributed by atoms with Crippen LogP contribution in [0.3, 0.4) is 0 Å². The Kier molecular flexibility index (Phi) is 1710. The fourth-order valence-corrected chi connectivity index (χ4v) is 0. The van der Waals surface area contributed by atoms with Gasteiger partial charge in [0.1, 0.15) is 0 Å². The minimum absolute atomic E-state index is 0. The molecule has 0 aromatic carbocycles. The summed E-state index contributed by atoms with van der Waals surface area (Å²) in [6.07, 6.45) is 0. The molecule has 7 heteroatoms.